The summed E-state index contributed by atoms with van der Waals surface area (Å²) in [6, 6.07) is 16.7. The van der Waals surface area contributed by atoms with Gasteiger partial charge in [-0.15, -0.1) is 0 Å². The third-order valence-corrected chi connectivity index (χ3v) is 2.71. The predicted molar refractivity (Wildman–Crippen MR) is 67.4 cm³/mol. The van der Waals surface area contributed by atoms with E-state index in [4.69, 9.17) is 11.5 Å². The number of hydrogen-bond acceptors (Lipinski definition) is 2. The molecule has 0 spiro atoms. The lowest BCUT2D eigenvalue weighted by atomic mass is 9.98. The molecule has 3 heteroatoms. The van der Waals surface area contributed by atoms with Crippen LogP contribution in [-0.4, -0.2) is 5.91 Å². The van der Waals surface area contributed by atoms with Crippen molar-refractivity contribution in [1.82, 2.24) is 0 Å². The highest BCUT2D eigenvalue weighted by molar-refractivity contribution is 5.92. The summed E-state index contributed by atoms with van der Waals surface area (Å²) in [7, 11) is 0. The quantitative estimate of drug-likeness (QED) is 0.838. The lowest BCUT2D eigenvalue weighted by molar-refractivity contribution is 0.100. The third kappa shape index (κ3) is 2.52. The summed E-state index contributed by atoms with van der Waals surface area (Å²) in [5, 5.41) is 0. The van der Waals surface area contributed by atoms with Gasteiger partial charge in [-0.25, -0.2) is 0 Å². The molecule has 1 unspecified atom stereocenters. The molecule has 0 saturated carbocycles. The smallest absolute Gasteiger partial charge is 0.248 e. The zero-order chi connectivity index (χ0) is 12.3. The second kappa shape index (κ2) is 4.80. The summed E-state index contributed by atoms with van der Waals surface area (Å²) < 4.78 is 0. The molecule has 3 nitrogen and oxygen atoms in total. The standard InChI is InChI=1S/C14H14N2O/c15-13(10-4-2-1-3-5-10)11-6-8-12(9-7-11)14(16)17/h1-9,13H,15H2,(H2,16,17). The Morgan fingerprint density at radius 3 is 1.94 bits per heavy atom. The first-order valence-corrected chi connectivity index (χ1v) is 5.39. The molecule has 17 heavy (non-hydrogen) atoms. The summed E-state index contributed by atoms with van der Waals surface area (Å²) in [4.78, 5) is 10.9. The van der Waals surface area contributed by atoms with Crippen LogP contribution in [0.25, 0.3) is 0 Å². The van der Waals surface area contributed by atoms with E-state index < -0.39 is 5.91 Å². The molecule has 0 bridgehead atoms. The van der Waals surface area contributed by atoms with Crippen LogP contribution in [0.15, 0.2) is 54.6 Å². The van der Waals surface area contributed by atoms with Gasteiger partial charge >= 0.3 is 0 Å². The lowest BCUT2D eigenvalue weighted by Gasteiger charge is -2.12. The maximum atomic E-state index is 10.9. The van der Waals surface area contributed by atoms with Crippen LogP contribution in [0, 0.1) is 0 Å². The molecule has 2 aromatic carbocycles. The molecular formula is C14H14N2O. The molecule has 0 aliphatic heterocycles. The van der Waals surface area contributed by atoms with Gasteiger partial charge in [-0.3, -0.25) is 4.79 Å². The van der Waals surface area contributed by atoms with Crippen LogP contribution in [0.1, 0.15) is 27.5 Å². The van der Waals surface area contributed by atoms with Crippen LogP contribution >= 0.6 is 0 Å². The molecule has 0 radical (unpaired) electrons. The molecule has 0 aliphatic rings. The molecule has 4 N–H and O–H groups in total. The van der Waals surface area contributed by atoms with E-state index in [0.717, 1.165) is 11.1 Å². The van der Waals surface area contributed by atoms with Crippen molar-refractivity contribution in [2.45, 2.75) is 6.04 Å². The first-order valence-electron chi connectivity index (χ1n) is 5.39. The Balaban J connectivity index is 2.26. The SMILES string of the molecule is NC(=O)c1ccc(C(N)c2ccccc2)cc1. The average Bonchev–Trinajstić information content (AvgIpc) is 2.39. The van der Waals surface area contributed by atoms with Crippen LogP contribution in [0.5, 0.6) is 0 Å². The molecule has 0 aromatic heterocycles. The summed E-state index contributed by atoms with van der Waals surface area (Å²) in [5.41, 5.74) is 13.8. The van der Waals surface area contributed by atoms with Gasteiger partial charge in [0.25, 0.3) is 0 Å². The minimum Gasteiger partial charge on any atom is -0.366 e. The number of amides is 1. The molecule has 0 heterocycles. The van der Waals surface area contributed by atoms with E-state index in [0.29, 0.717) is 5.56 Å². The first-order chi connectivity index (χ1) is 8.18. The summed E-state index contributed by atoms with van der Waals surface area (Å²) in [6.45, 7) is 0. The topological polar surface area (TPSA) is 69.1 Å². The number of rotatable bonds is 3. The van der Waals surface area contributed by atoms with E-state index in [1.54, 1.807) is 12.1 Å². The fraction of sp³-hybridized carbons (Fsp3) is 0.0714. The van der Waals surface area contributed by atoms with Gasteiger partial charge in [-0.1, -0.05) is 42.5 Å². The van der Waals surface area contributed by atoms with Crippen LogP contribution < -0.4 is 11.5 Å². The van der Waals surface area contributed by atoms with Crippen molar-refractivity contribution in [2.75, 3.05) is 0 Å². The molecule has 0 fully saturated rings. The van der Waals surface area contributed by atoms with Gasteiger partial charge in [0, 0.05) is 5.56 Å². The number of carbonyl (C=O) groups is 1. The van der Waals surface area contributed by atoms with Crippen molar-refractivity contribution in [3.8, 4) is 0 Å². The predicted octanol–water partition coefficient (Wildman–Crippen LogP) is 1.83. The van der Waals surface area contributed by atoms with Crippen LogP contribution in [0.4, 0.5) is 0 Å². The van der Waals surface area contributed by atoms with Crippen LogP contribution in [-0.2, 0) is 0 Å². The summed E-state index contributed by atoms with van der Waals surface area (Å²) in [6.07, 6.45) is 0. The van der Waals surface area contributed by atoms with Crippen molar-refractivity contribution < 1.29 is 4.79 Å². The lowest BCUT2D eigenvalue weighted by Crippen LogP contribution is -2.13. The maximum absolute atomic E-state index is 10.9. The van der Waals surface area contributed by atoms with Crippen molar-refractivity contribution in [3.05, 3.63) is 71.3 Å². The molecule has 1 atom stereocenters. The second-order valence-electron chi connectivity index (χ2n) is 3.87. The van der Waals surface area contributed by atoms with Gasteiger partial charge in [0.1, 0.15) is 0 Å². The normalized spacial score (nSPS) is 12.1. The molecule has 0 saturated heterocycles. The Kier molecular flexibility index (Phi) is 3.21. The van der Waals surface area contributed by atoms with E-state index in [-0.39, 0.29) is 6.04 Å². The Hall–Kier alpha value is -2.13. The monoisotopic (exact) mass is 226 g/mol. The van der Waals surface area contributed by atoms with Gasteiger partial charge < -0.3 is 11.5 Å². The average molecular weight is 226 g/mol. The summed E-state index contributed by atoms with van der Waals surface area (Å²) >= 11 is 0. The molecule has 2 rings (SSSR count). The second-order valence-corrected chi connectivity index (χ2v) is 3.87. The zero-order valence-electron chi connectivity index (χ0n) is 9.34. The van der Waals surface area contributed by atoms with E-state index in [9.17, 15) is 4.79 Å². The first kappa shape index (κ1) is 11.4. The van der Waals surface area contributed by atoms with Crippen molar-refractivity contribution in [2.24, 2.45) is 11.5 Å². The van der Waals surface area contributed by atoms with E-state index in [1.165, 1.54) is 0 Å². The number of carbonyl (C=O) groups excluding carboxylic acids is 1. The fourth-order valence-corrected chi connectivity index (χ4v) is 1.71. The Bertz CT molecular complexity index is 506. The van der Waals surface area contributed by atoms with E-state index in [1.807, 2.05) is 42.5 Å². The van der Waals surface area contributed by atoms with Gasteiger partial charge in [-0.05, 0) is 23.3 Å². The van der Waals surface area contributed by atoms with Crippen LogP contribution in [0.3, 0.4) is 0 Å². The maximum Gasteiger partial charge on any atom is 0.248 e. The van der Waals surface area contributed by atoms with Crippen molar-refractivity contribution in [1.29, 1.82) is 0 Å². The highest BCUT2D eigenvalue weighted by Crippen LogP contribution is 2.19. The molecule has 86 valence electrons. The third-order valence-electron chi connectivity index (χ3n) is 2.71. The zero-order valence-corrected chi connectivity index (χ0v) is 9.34. The minimum absolute atomic E-state index is 0.182. The fourth-order valence-electron chi connectivity index (χ4n) is 1.71. The van der Waals surface area contributed by atoms with Gasteiger partial charge in [-0.2, -0.15) is 0 Å². The number of nitrogens with two attached hydrogens (primary N) is 2. The largest absolute Gasteiger partial charge is 0.366 e. The Morgan fingerprint density at radius 2 is 1.41 bits per heavy atom. The molecule has 2 aromatic rings. The molecule has 0 aliphatic carbocycles. The van der Waals surface area contributed by atoms with Gasteiger partial charge in [0.05, 0.1) is 6.04 Å². The Morgan fingerprint density at radius 1 is 0.882 bits per heavy atom. The molecule has 1 amide bonds. The molecular weight excluding hydrogens is 212 g/mol. The van der Waals surface area contributed by atoms with E-state index in [2.05, 4.69) is 0 Å². The number of hydrogen-bond donors (Lipinski definition) is 2. The highest BCUT2D eigenvalue weighted by Gasteiger charge is 2.08. The number of primary amides is 1. The van der Waals surface area contributed by atoms with Gasteiger partial charge in [0.15, 0.2) is 0 Å². The van der Waals surface area contributed by atoms with Crippen LogP contribution in [0.2, 0.25) is 0 Å². The van der Waals surface area contributed by atoms with Gasteiger partial charge in [0.2, 0.25) is 5.91 Å². The van der Waals surface area contributed by atoms with E-state index >= 15 is 0 Å². The Labute approximate surface area is 100 Å². The van der Waals surface area contributed by atoms with Crippen molar-refractivity contribution >= 4 is 5.91 Å². The van der Waals surface area contributed by atoms with Crippen molar-refractivity contribution in [3.63, 3.8) is 0 Å². The summed E-state index contributed by atoms with van der Waals surface area (Å²) in [5.74, 6) is -0.426. The number of benzene rings is 2. The minimum atomic E-state index is -0.426. The highest BCUT2D eigenvalue weighted by atomic mass is 16.1.